The highest BCUT2D eigenvalue weighted by molar-refractivity contribution is 7.86. The molecule has 0 heterocycles. The van der Waals surface area contributed by atoms with Crippen LogP contribution in [0.5, 0.6) is 0 Å². The molecule has 0 aliphatic rings. The lowest BCUT2D eigenvalue weighted by Gasteiger charge is -2.41. The van der Waals surface area contributed by atoms with Crippen molar-refractivity contribution < 1.29 is 44.1 Å². The van der Waals surface area contributed by atoms with Gasteiger partial charge in [0.2, 0.25) is 0 Å². The van der Waals surface area contributed by atoms with E-state index < -0.39 is 50.9 Å². The summed E-state index contributed by atoms with van der Waals surface area (Å²) >= 11 is 0. The average molecular weight is 832 g/mol. The Labute approximate surface area is 343 Å². The summed E-state index contributed by atoms with van der Waals surface area (Å²) < 4.78 is 90.7. The Kier molecular flexibility index (Phi) is 17.6. The van der Waals surface area contributed by atoms with Gasteiger partial charge in [0.1, 0.15) is 24.4 Å². The van der Waals surface area contributed by atoms with E-state index in [9.17, 15) is 16.8 Å². The molecule has 0 amide bonds. The fourth-order valence-electron chi connectivity index (χ4n) is 6.33. The van der Waals surface area contributed by atoms with E-state index in [2.05, 4.69) is 0 Å². The summed E-state index contributed by atoms with van der Waals surface area (Å²) in [5.41, 5.74) is 4.30. The summed E-state index contributed by atoms with van der Waals surface area (Å²) in [7, 11) is -6.50. The van der Waals surface area contributed by atoms with Gasteiger partial charge >= 0.3 is 0 Å². The number of rotatable bonds is 25. The SMILES string of the molecule is CN(CCc1ccccc1)C(OS(C)(=O)=O)[C@H](OCc1ccccc1)[C@@H](OCc1ccccc1)[C@H](OCc1ccccc1)[C@@H](COCc1ccccc1)OS(C)(=O)=O. The normalized spacial score (nSPS) is 14.8. The fraction of sp³-hybridized carbons (Fsp3) is 0.333. The number of benzene rings is 5. The minimum atomic E-state index is -4.13. The Morgan fingerprint density at radius 3 is 1.24 bits per heavy atom. The Hall–Kier alpha value is -4.28. The lowest BCUT2D eigenvalue weighted by atomic mass is 9.99. The Morgan fingerprint density at radius 2 is 0.828 bits per heavy atom. The molecule has 0 saturated carbocycles. The zero-order valence-electron chi connectivity index (χ0n) is 33.1. The van der Waals surface area contributed by atoms with Crippen molar-refractivity contribution in [3.8, 4) is 0 Å². The van der Waals surface area contributed by atoms with Crippen LogP contribution in [-0.4, -0.2) is 85.1 Å². The van der Waals surface area contributed by atoms with Gasteiger partial charge in [-0.25, -0.2) is 4.18 Å². The van der Waals surface area contributed by atoms with E-state index in [1.807, 2.05) is 152 Å². The van der Waals surface area contributed by atoms with Crippen LogP contribution in [0, 0.1) is 0 Å². The molecule has 58 heavy (non-hydrogen) atoms. The van der Waals surface area contributed by atoms with Crippen molar-refractivity contribution in [2.75, 3.05) is 32.7 Å². The molecule has 0 aliphatic heterocycles. The molecular weight excluding hydrogens is 779 g/mol. The van der Waals surface area contributed by atoms with Crippen LogP contribution in [0.15, 0.2) is 152 Å². The predicted molar refractivity (Wildman–Crippen MR) is 223 cm³/mol. The van der Waals surface area contributed by atoms with Gasteiger partial charge in [0.15, 0.2) is 6.23 Å². The van der Waals surface area contributed by atoms with Crippen LogP contribution >= 0.6 is 0 Å². The van der Waals surface area contributed by atoms with Crippen molar-refractivity contribution in [2.24, 2.45) is 0 Å². The summed E-state index contributed by atoms with van der Waals surface area (Å²) in [5, 5.41) is 0. The summed E-state index contributed by atoms with van der Waals surface area (Å²) in [6.45, 7) is 0.352. The summed E-state index contributed by atoms with van der Waals surface area (Å²) in [4.78, 5) is 1.76. The third-order valence-electron chi connectivity index (χ3n) is 9.15. The number of ether oxygens (including phenoxy) is 4. The topological polar surface area (TPSA) is 127 Å². The molecule has 5 aromatic rings. The van der Waals surface area contributed by atoms with Crippen LogP contribution in [0.4, 0.5) is 0 Å². The van der Waals surface area contributed by atoms with Crippen molar-refractivity contribution >= 4 is 20.2 Å². The second kappa shape index (κ2) is 22.8. The highest BCUT2D eigenvalue weighted by Crippen LogP contribution is 2.28. The molecule has 1 unspecified atom stereocenters. The van der Waals surface area contributed by atoms with Crippen molar-refractivity contribution in [3.05, 3.63) is 179 Å². The maximum atomic E-state index is 13.2. The molecular formula is C45H53NO10S2. The molecule has 11 nitrogen and oxygen atoms in total. The quantitative estimate of drug-likeness (QED) is 0.0457. The summed E-state index contributed by atoms with van der Waals surface area (Å²) in [6.07, 6.45) is -3.75. The highest BCUT2D eigenvalue weighted by atomic mass is 32.2. The van der Waals surface area contributed by atoms with Crippen molar-refractivity contribution in [3.63, 3.8) is 0 Å². The molecule has 0 spiro atoms. The second-order valence-electron chi connectivity index (χ2n) is 14.0. The van der Waals surface area contributed by atoms with Crippen LogP contribution < -0.4 is 0 Å². The fourth-order valence-corrected chi connectivity index (χ4v) is 7.56. The third kappa shape index (κ3) is 15.8. The first kappa shape index (κ1) is 44.8. The van der Waals surface area contributed by atoms with E-state index >= 15 is 0 Å². The minimum absolute atomic E-state index is 0.0197. The van der Waals surface area contributed by atoms with E-state index in [1.54, 1.807) is 11.9 Å². The molecule has 310 valence electrons. The highest BCUT2D eigenvalue weighted by Gasteiger charge is 2.46. The van der Waals surface area contributed by atoms with Crippen LogP contribution in [0.1, 0.15) is 27.8 Å². The van der Waals surface area contributed by atoms with Gasteiger partial charge in [-0.2, -0.15) is 16.8 Å². The zero-order chi connectivity index (χ0) is 41.2. The van der Waals surface area contributed by atoms with Crippen LogP contribution in [0.25, 0.3) is 0 Å². The first-order valence-electron chi connectivity index (χ1n) is 19.0. The molecule has 0 N–H and O–H groups in total. The number of likely N-dealkylation sites (N-methyl/N-ethyl adjacent to an activating group) is 1. The van der Waals surface area contributed by atoms with E-state index in [-0.39, 0.29) is 33.0 Å². The number of hydrogen-bond donors (Lipinski definition) is 0. The van der Waals surface area contributed by atoms with Gasteiger partial charge in [-0.05, 0) is 41.3 Å². The standard InChI is InChI=1S/C45H53NO10S2/c1-46(30-29-36-19-9-4-10-20-36)45(56-58(3,49)50)44(54-34-40-27-17-8-18-28-40)43(53-33-39-25-15-7-16-26-39)42(52-32-38-23-13-6-14-24-38)41(55-57(2,47)48)35-51-31-37-21-11-5-12-22-37/h4-28,41-45H,29-35H2,1-3H3/t41-,42-,43+,44-,45?/m1/s1. The van der Waals surface area contributed by atoms with E-state index in [1.165, 1.54) is 0 Å². The molecule has 5 rings (SSSR count). The van der Waals surface area contributed by atoms with Crippen molar-refractivity contribution in [1.29, 1.82) is 0 Å². The lowest BCUT2D eigenvalue weighted by molar-refractivity contribution is -0.214. The first-order chi connectivity index (χ1) is 27.9. The van der Waals surface area contributed by atoms with Gasteiger partial charge in [-0.1, -0.05) is 152 Å². The molecule has 0 bridgehead atoms. The summed E-state index contributed by atoms with van der Waals surface area (Å²) in [5.74, 6) is 0. The number of hydrogen-bond acceptors (Lipinski definition) is 11. The van der Waals surface area contributed by atoms with Gasteiger partial charge in [-0.15, -0.1) is 0 Å². The molecule has 0 radical (unpaired) electrons. The molecule has 0 fully saturated rings. The van der Waals surface area contributed by atoms with Crippen molar-refractivity contribution in [2.45, 2.75) is 63.5 Å². The van der Waals surface area contributed by atoms with Crippen LogP contribution in [0.2, 0.25) is 0 Å². The maximum Gasteiger partial charge on any atom is 0.266 e. The largest absolute Gasteiger partial charge is 0.374 e. The summed E-state index contributed by atoms with van der Waals surface area (Å²) in [6, 6.07) is 47.4. The van der Waals surface area contributed by atoms with Gasteiger partial charge in [0.25, 0.3) is 20.2 Å². The van der Waals surface area contributed by atoms with Gasteiger partial charge in [0, 0.05) is 6.54 Å². The molecule has 5 aromatic carbocycles. The second-order valence-corrected chi connectivity index (χ2v) is 17.2. The Balaban J connectivity index is 1.63. The molecule has 0 saturated heterocycles. The molecule has 13 heteroatoms. The molecule has 0 aromatic heterocycles. The van der Waals surface area contributed by atoms with E-state index in [0.717, 1.165) is 40.3 Å². The van der Waals surface area contributed by atoms with E-state index in [4.69, 9.17) is 27.3 Å². The monoisotopic (exact) mass is 831 g/mol. The van der Waals surface area contributed by atoms with Gasteiger partial charge in [0.05, 0.1) is 45.5 Å². The van der Waals surface area contributed by atoms with Crippen LogP contribution in [-0.2, 0) is 80.4 Å². The van der Waals surface area contributed by atoms with Gasteiger partial charge < -0.3 is 18.9 Å². The first-order valence-corrected chi connectivity index (χ1v) is 22.7. The lowest BCUT2D eigenvalue weighted by Crippen LogP contribution is -2.58. The maximum absolute atomic E-state index is 13.2. The predicted octanol–water partition coefficient (Wildman–Crippen LogP) is 6.78. The Bertz CT molecular complexity index is 2110. The number of nitrogens with zero attached hydrogens (tertiary/aromatic N) is 1. The zero-order valence-corrected chi connectivity index (χ0v) is 34.7. The third-order valence-corrected chi connectivity index (χ3v) is 10.3. The van der Waals surface area contributed by atoms with Crippen molar-refractivity contribution in [1.82, 2.24) is 4.90 Å². The minimum Gasteiger partial charge on any atom is -0.374 e. The van der Waals surface area contributed by atoms with Gasteiger partial charge in [-0.3, -0.25) is 9.08 Å². The van der Waals surface area contributed by atoms with Crippen LogP contribution in [0.3, 0.4) is 0 Å². The van der Waals surface area contributed by atoms with E-state index in [0.29, 0.717) is 13.0 Å². The Morgan fingerprint density at radius 1 is 0.466 bits per heavy atom. The smallest absolute Gasteiger partial charge is 0.266 e. The average Bonchev–Trinajstić information content (AvgIpc) is 3.22. The molecule has 5 atom stereocenters. The molecule has 0 aliphatic carbocycles.